The second kappa shape index (κ2) is 6.09. The zero-order valence-corrected chi connectivity index (χ0v) is 12.7. The second-order valence-corrected chi connectivity index (χ2v) is 6.47. The van der Waals surface area contributed by atoms with Gasteiger partial charge >= 0.3 is 0 Å². The quantitative estimate of drug-likeness (QED) is 0.846. The predicted molar refractivity (Wildman–Crippen MR) is 80.6 cm³/mol. The maximum Gasteiger partial charge on any atom is 0.222 e. The van der Waals surface area contributed by atoms with E-state index in [0.29, 0.717) is 18.9 Å². The number of benzene rings is 1. The number of nitrogens with two attached hydrogens (primary N) is 1. The van der Waals surface area contributed by atoms with Crippen LogP contribution in [-0.4, -0.2) is 17.9 Å². The van der Waals surface area contributed by atoms with Crippen molar-refractivity contribution in [2.75, 3.05) is 12.8 Å². The van der Waals surface area contributed by atoms with Crippen LogP contribution in [0, 0.1) is 11.3 Å². The van der Waals surface area contributed by atoms with E-state index in [2.05, 4.69) is 27.7 Å². The predicted octanol–water partition coefficient (Wildman–Crippen LogP) is 3.30. The van der Waals surface area contributed by atoms with Gasteiger partial charge in [-0.1, -0.05) is 39.8 Å². The Morgan fingerprint density at radius 3 is 2.53 bits per heavy atom. The van der Waals surface area contributed by atoms with E-state index in [-0.39, 0.29) is 11.3 Å². The highest BCUT2D eigenvalue weighted by atomic mass is 16.2. The topological polar surface area (TPSA) is 46.3 Å². The first kappa shape index (κ1) is 15.5. The van der Waals surface area contributed by atoms with Crippen molar-refractivity contribution in [3.05, 3.63) is 29.8 Å². The molecule has 0 aliphatic carbocycles. The van der Waals surface area contributed by atoms with Crippen LogP contribution in [0.5, 0.6) is 0 Å². The second-order valence-electron chi connectivity index (χ2n) is 6.47. The summed E-state index contributed by atoms with van der Waals surface area (Å²) in [6.07, 6.45) is 0.586. The number of carbonyl (C=O) groups excluding carboxylic acids is 1. The fraction of sp³-hybridized carbons (Fsp3) is 0.562. The van der Waals surface area contributed by atoms with Gasteiger partial charge in [0.05, 0.1) is 0 Å². The van der Waals surface area contributed by atoms with Gasteiger partial charge in [-0.3, -0.25) is 4.79 Å². The molecule has 0 fully saturated rings. The number of carbonyl (C=O) groups is 1. The highest BCUT2D eigenvalue weighted by Crippen LogP contribution is 2.28. The molecule has 0 aliphatic heterocycles. The summed E-state index contributed by atoms with van der Waals surface area (Å²) in [7, 11) is 1.85. The Morgan fingerprint density at radius 2 is 2.00 bits per heavy atom. The average Bonchev–Trinajstić information content (AvgIpc) is 2.27. The Morgan fingerprint density at radius 1 is 1.37 bits per heavy atom. The van der Waals surface area contributed by atoms with E-state index in [1.807, 2.05) is 31.3 Å². The van der Waals surface area contributed by atoms with Crippen molar-refractivity contribution in [2.45, 2.75) is 40.7 Å². The van der Waals surface area contributed by atoms with Gasteiger partial charge in [-0.05, 0) is 29.0 Å². The van der Waals surface area contributed by atoms with E-state index in [0.717, 1.165) is 11.3 Å². The molecule has 1 amide bonds. The van der Waals surface area contributed by atoms with Gasteiger partial charge in [0.2, 0.25) is 5.91 Å². The van der Waals surface area contributed by atoms with E-state index < -0.39 is 0 Å². The third kappa shape index (κ3) is 4.93. The van der Waals surface area contributed by atoms with Crippen LogP contribution in [-0.2, 0) is 11.3 Å². The molecule has 0 spiro atoms. The minimum absolute atomic E-state index is 0.160. The van der Waals surface area contributed by atoms with Gasteiger partial charge in [-0.25, -0.2) is 0 Å². The third-order valence-electron chi connectivity index (χ3n) is 3.76. The van der Waals surface area contributed by atoms with Crippen LogP contribution in [0.15, 0.2) is 24.3 Å². The number of hydrogen-bond acceptors (Lipinski definition) is 2. The molecule has 1 unspecified atom stereocenters. The Bertz CT molecular complexity index is 435. The number of rotatable bonds is 4. The number of amides is 1. The summed E-state index contributed by atoms with van der Waals surface area (Å²) in [5, 5.41) is 0. The van der Waals surface area contributed by atoms with Crippen LogP contribution < -0.4 is 5.73 Å². The molecule has 0 saturated heterocycles. The first-order valence-corrected chi connectivity index (χ1v) is 6.78. The van der Waals surface area contributed by atoms with Gasteiger partial charge in [0.1, 0.15) is 0 Å². The molecule has 0 heterocycles. The van der Waals surface area contributed by atoms with E-state index in [1.54, 1.807) is 4.90 Å². The lowest BCUT2D eigenvalue weighted by molar-refractivity contribution is -0.132. The molecule has 1 rings (SSSR count). The van der Waals surface area contributed by atoms with Crippen molar-refractivity contribution in [3.63, 3.8) is 0 Å². The highest BCUT2D eigenvalue weighted by Gasteiger charge is 2.23. The fourth-order valence-electron chi connectivity index (χ4n) is 1.78. The van der Waals surface area contributed by atoms with Crippen molar-refractivity contribution >= 4 is 11.6 Å². The molecule has 0 radical (unpaired) electrons. The van der Waals surface area contributed by atoms with Crippen LogP contribution in [0.3, 0.4) is 0 Å². The van der Waals surface area contributed by atoms with Crippen LogP contribution in [0.25, 0.3) is 0 Å². The Balaban J connectivity index is 2.58. The minimum Gasteiger partial charge on any atom is -0.399 e. The lowest BCUT2D eigenvalue weighted by Gasteiger charge is -2.28. The summed E-state index contributed by atoms with van der Waals surface area (Å²) in [6.45, 7) is 9.25. The zero-order chi connectivity index (χ0) is 14.6. The normalized spacial score (nSPS) is 13.1. The van der Waals surface area contributed by atoms with Crippen molar-refractivity contribution in [1.29, 1.82) is 0 Å². The highest BCUT2D eigenvalue weighted by molar-refractivity contribution is 5.76. The van der Waals surface area contributed by atoms with Crippen LogP contribution in [0.4, 0.5) is 5.69 Å². The summed E-state index contributed by atoms with van der Waals surface area (Å²) in [6, 6.07) is 7.68. The zero-order valence-electron chi connectivity index (χ0n) is 12.7. The molecule has 1 aromatic rings. The van der Waals surface area contributed by atoms with Crippen LogP contribution >= 0.6 is 0 Å². The summed E-state index contributed by atoms with van der Waals surface area (Å²) < 4.78 is 0. The largest absolute Gasteiger partial charge is 0.399 e. The van der Waals surface area contributed by atoms with E-state index in [1.165, 1.54) is 0 Å². The molecule has 0 aliphatic rings. The summed E-state index contributed by atoms with van der Waals surface area (Å²) >= 11 is 0. The molecule has 19 heavy (non-hydrogen) atoms. The molecule has 0 aromatic heterocycles. The van der Waals surface area contributed by atoms with Gasteiger partial charge in [-0.2, -0.15) is 0 Å². The molecule has 3 heteroatoms. The van der Waals surface area contributed by atoms with Crippen LogP contribution in [0.2, 0.25) is 0 Å². The molecule has 106 valence electrons. The maximum absolute atomic E-state index is 12.2. The lowest BCUT2D eigenvalue weighted by atomic mass is 9.80. The van der Waals surface area contributed by atoms with Crippen molar-refractivity contribution in [3.8, 4) is 0 Å². The molecule has 2 N–H and O–H groups in total. The van der Waals surface area contributed by atoms with Crippen molar-refractivity contribution in [2.24, 2.45) is 11.3 Å². The maximum atomic E-state index is 12.2. The van der Waals surface area contributed by atoms with Gasteiger partial charge in [0, 0.05) is 25.7 Å². The first-order chi connectivity index (χ1) is 8.70. The van der Waals surface area contributed by atoms with Crippen molar-refractivity contribution in [1.82, 2.24) is 4.90 Å². The molecular formula is C16H26N2O. The monoisotopic (exact) mass is 262 g/mol. The molecule has 1 atom stereocenters. The standard InChI is InChI=1S/C16H26N2O/c1-12(16(2,3)4)9-15(19)18(5)11-13-7-6-8-14(17)10-13/h6-8,10,12H,9,11,17H2,1-5H3. The summed E-state index contributed by atoms with van der Waals surface area (Å²) in [5.74, 6) is 0.549. The molecule has 3 nitrogen and oxygen atoms in total. The number of hydrogen-bond donors (Lipinski definition) is 1. The van der Waals surface area contributed by atoms with E-state index in [4.69, 9.17) is 5.73 Å². The molecule has 0 bridgehead atoms. The summed E-state index contributed by atoms with van der Waals surface area (Å²) in [4.78, 5) is 14.0. The average molecular weight is 262 g/mol. The Hall–Kier alpha value is -1.51. The number of nitrogens with zero attached hydrogens (tertiary/aromatic N) is 1. The molecule has 1 aromatic carbocycles. The Labute approximate surface area is 116 Å². The molecule has 0 saturated carbocycles. The van der Waals surface area contributed by atoms with Crippen molar-refractivity contribution < 1.29 is 4.79 Å². The summed E-state index contributed by atoms with van der Waals surface area (Å²) in [5.41, 5.74) is 7.71. The number of anilines is 1. The lowest BCUT2D eigenvalue weighted by Crippen LogP contribution is -2.30. The van der Waals surface area contributed by atoms with Gasteiger partial charge in [0.15, 0.2) is 0 Å². The minimum atomic E-state index is 0.160. The molecular weight excluding hydrogens is 236 g/mol. The Kier molecular flexibility index (Phi) is 4.98. The van der Waals surface area contributed by atoms with Gasteiger partial charge < -0.3 is 10.6 Å². The van der Waals surface area contributed by atoms with E-state index in [9.17, 15) is 4.79 Å². The third-order valence-corrected chi connectivity index (χ3v) is 3.76. The van der Waals surface area contributed by atoms with Gasteiger partial charge in [0.25, 0.3) is 0 Å². The smallest absolute Gasteiger partial charge is 0.222 e. The van der Waals surface area contributed by atoms with E-state index >= 15 is 0 Å². The first-order valence-electron chi connectivity index (χ1n) is 6.78. The number of nitrogen functional groups attached to an aromatic ring is 1. The van der Waals surface area contributed by atoms with Gasteiger partial charge in [-0.15, -0.1) is 0 Å². The SMILES string of the molecule is CC(CC(=O)N(C)Cc1cccc(N)c1)C(C)(C)C. The fourth-order valence-corrected chi connectivity index (χ4v) is 1.78. The van der Waals surface area contributed by atoms with Crippen LogP contribution in [0.1, 0.15) is 39.7 Å².